The zero-order valence-electron chi connectivity index (χ0n) is 14.5. The Morgan fingerprint density at radius 1 is 1.40 bits per heavy atom. The van der Waals surface area contributed by atoms with Crippen molar-refractivity contribution >= 4 is 6.03 Å². The fourth-order valence-corrected chi connectivity index (χ4v) is 2.81. The smallest absolute Gasteiger partial charge is 0.318 e. The SMILES string of the molecule is Cn1cc([C@]2(C)CN(C(=O)NCC#Cc3ccccc3)CCO2)cn1. The molecule has 1 aliphatic heterocycles. The molecule has 130 valence electrons. The molecule has 0 bridgehead atoms. The van der Waals surface area contributed by atoms with Crippen LogP contribution in [0.15, 0.2) is 42.7 Å². The average Bonchev–Trinajstić information content (AvgIpc) is 3.07. The number of carbonyl (C=O) groups is 1. The maximum Gasteiger partial charge on any atom is 0.318 e. The molecule has 0 radical (unpaired) electrons. The van der Waals surface area contributed by atoms with Gasteiger partial charge in [-0.3, -0.25) is 4.68 Å². The van der Waals surface area contributed by atoms with Crippen molar-refractivity contribution in [1.29, 1.82) is 0 Å². The van der Waals surface area contributed by atoms with Crippen molar-refractivity contribution in [3.8, 4) is 11.8 Å². The third kappa shape index (κ3) is 4.20. The number of hydrogen-bond acceptors (Lipinski definition) is 3. The number of hydrogen-bond donors (Lipinski definition) is 1. The fourth-order valence-electron chi connectivity index (χ4n) is 2.81. The summed E-state index contributed by atoms with van der Waals surface area (Å²) < 4.78 is 7.66. The van der Waals surface area contributed by atoms with E-state index in [1.807, 2.05) is 50.5 Å². The Hall–Kier alpha value is -2.78. The minimum Gasteiger partial charge on any atom is -0.367 e. The van der Waals surface area contributed by atoms with E-state index in [9.17, 15) is 4.79 Å². The van der Waals surface area contributed by atoms with E-state index in [0.717, 1.165) is 11.1 Å². The van der Waals surface area contributed by atoms with Gasteiger partial charge in [-0.15, -0.1) is 0 Å². The van der Waals surface area contributed by atoms with Gasteiger partial charge in [-0.25, -0.2) is 4.79 Å². The van der Waals surface area contributed by atoms with Gasteiger partial charge in [-0.05, 0) is 19.1 Å². The molecular formula is C19H22N4O2. The van der Waals surface area contributed by atoms with Crippen molar-refractivity contribution < 1.29 is 9.53 Å². The number of carbonyl (C=O) groups excluding carboxylic acids is 1. The minimum absolute atomic E-state index is 0.124. The van der Waals surface area contributed by atoms with Gasteiger partial charge >= 0.3 is 6.03 Å². The van der Waals surface area contributed by atoms with Gasteiger partial charge in [0.25, 0.3) is 0 Å². The third-order valence-corrected chi connectivity index (χ3v) is 4.21. The molecule has 2 amide bonds. The quantitative estimate of drug-likeness (QED) is 0.849. The highest BCUT2D eigenvalue weighted by atomic mass is 16.5. The van der Waals surface area contributed by atoms with Gasteiger partial charge in [-0.1, -0.05) is 30.0 Å². The summed E-state index contributed by atoms with van der Waals surface area (Å²) in [5.74, 6) is 6.00. The molecule has 0 unspecified atom stereocenters. The van der Waals surface area contributed by atoms with Crippen LogP contribution in [0, 0.1) is 11.8 Å². The highest BCUT2D eigenvalue weighted by Gasteiger charge is 2.36. The third-order valence-electron chi connectivity index (χ3n) is 4.21. The lowest BCUT2D eigenvalue weighted by Gasteiger charge is -2.39. The number of urea groups is 1. The molecule has 6 nitrogen and oxygen atoms in total. The first-order valence-corrected chi connectivity index (χ1v) is 8.27. The van der Waals surface area contributed by atoms with Crippen LogP contribution in [0.1, 0.15) is 18.1 Å². The van der Waals surface area contributed by atoms with E-state index in [4.69, 9.17) is 4.74 Å². The van der Waals surface area contributed by atoms with Gasteiger partial charge in [0, 0.05) is 30.9 Å². The van der Waals surface area contributed by atoms with Crippen LogP contribution in [0.3, 0.4) is 0 Å². The van der Waals surface area contributed by atoms with Crippen molar-refractivity contribution in [3.63, 3.8) is 0 Å². The maximum atomic E-state index is 12.4. The lowest BCUT2D eigenvalue weighted by Crippen LogP contribution is -2.53. The van der Waals surface area contributed by atoms with Crippen LogP contribution in [-0.2, 0) is 17.4 Å². The number of amides is 2. The van der Waals surface area contributed by atoms with E-state index < -0.39 is 5.60 Å². The van der Waals surface area contributed by atoms with Crippen LogP contribution in [0.4, 0.5) is 4.79 Å². The van der Waals surface area contributed by atoms with Crippen LogP contribution in [0.2, 0.25) is 0 Å². The summed E-state index contributed by atoms with van der Waals surface area (Å²) in [7, 11) is 1.87. The highest BCUT2D eigenvalue weighted by Crippen LogP contribution is 2.28. The van der Waals surface area contributed by atoms with Crippen LogP contribution < -0.4 is 5.32 Å². The van der Waals surface area contributed by atoms with E-state index in [1.165, 1.54) is 0 Å². The molecule has 1 N–H and O–H groups in total. The van der Waals surface area contributed by atoms with E-state index in [-0.39, 0.29) is 6.03 Å². The summed E-state index contributed by atoms with van der Waals surface area (Å²) in [6, 6.07) is 9.59. The lowest BCUT2D eigenvalue weighted by molar-refractivity contribution is -0.0906. The van der Waals surface area contributed by atoms with Gasteiger partial charge in [-0.2, -0.15) is 5.10 Å². The Labute approximate surface area is 147 Å². The largest absolute Gasteiger partial charge is 0.367 e. The molecule has 6 heteroatoms. The van der Waals surface area contributed by atoms with Crippen LogP contribution >= 0.6 is 0 Å². The van der Waals surface area contributed by atoms with Crippen molar-refractivity contribution in [3.05, 3.63) is 53.9 Å². The molecule has 0 spiro atoms. The fraction of sp³-hybridized carbons (Fsp3) is 0.368. The van der Waals surface area contributed by atoms with Gasteiger partial charge in [0.05, 0.1) is 25.9 Å². The van der Waals surface area contributed by atoms with Crippen LogP contribution in [0.25, 0.3) is 0 Å². The van der Waals surface area contributed by atoms with Gasteiger partial charge in [0.15, 0.2) is 0 Å². The summed E-state index contributed by atoms with van der Waals surface area (Å²) in [5, 5.41) is 7.05. The van der Waals surface area contributed by atoms with Crippen LogP contribution in [-0.4, -0.2) is 47.0 Å². The monoisotopic (exact) mass is 338 g/mol. The van der Waals surface area contributed by atoms with Crippen molar-refractivity contribution in [2.75, 3.05) is 26.2 Å². The maximum absolute atomic E-state index is 12.4. The van der Waals surface area contributed by atoms with Crippen LogP contribution in [0.5, 0.6) is 0 Å². The minimum atomic E-state index is -0.542. The number of benzene rings is 1. The first-order valence-electron chi connectivity index (χ1n) is 8.27. The second kappa shape index (κ2) is 7.41. The molecule has 1 saturated heterocycles. The van der Waals surface area contributed by atoms with Crippen molar-refractivity contribution in [1.82, 2.24) is 20.0 Å². The van der Waals surface area contributed by atoms with Crippen molar-refractivity contribution in [2.24, 2.45) is 7.05 Å². The van der Waals surface area contributed by atoms with E-state index in [1.54, 1.807) is 15.8 Å². The molecule has 1 aliphatic rings. The summed E-state index contributed by atoms with van der Waals surface area (Å²) in [6.07, 6.45) is 3.71. The number of aryl methyl sites for hydroxylation is 1. The Kier molecular flexibility index (Phi) is 5.05. The molecule has 1 atom stereocenters. The molecule has 25 heavy (non-hydrogen) atoms. The van der Waals surface area contributed by atoms with Crippen molar-refractivity contribution in [2.45, 2.75) is 12.5 Å². The normalized spacial score (nSPS) is 19.8. The number of morpholine rings is 1. The Morgan fingerprint density at radius 3 is 2.92 bits per heavy atom. The van der Waals surface area contributed by atoms with Gasteiger partial charge in [0.2, 0.25) is 0 Å². The molecule has 1 aromatic carbocycles. The first kappa shape index (κ1) is 17.1. The standard InChI is InChI=1S/C19H22N4O2/c1-19(17-13-21-22(2)14-17)15-23(11-12-25-19)18(24)20-10-6-9-16-7-4-3-5-8-16/h3-5,7-8,13-14H,10-12,15H2,1-2H3,(H,20,24)/t19-/m0/s1. The first-order chi connectivity index (χ1) is 12.1. The zero-order valence-corrected chi connectivity index (χ0v) is 14.5. The molecule has 0 saturated carbocycles. The second-order valence-electron chi connectivity index (χ2n) is 6.23. The molecule has 0 aliphatic carbocycles. The molecular weight excluding hydrogens is 316 g/mol. The Bertz CT molecular complexity index is 791. The summed E-state index contributed by atoms with van der Waals surface area (Å²) in [5.41, 5.74) is 1.36. The van der Waals surface area contributed by atoms with E-state index in [2.05, 4.69) is 22.3 Å². The summed E-state index contributed by atoms with van der Waals surface area (Å²) in [6.45, 7) is 3.84. The lowest BCUT2D eigenvalue weighted by atomic mass is 9.97. The van der Waals surface area contributed by atoms with E-state index in [0.29, 0.717) is 26.2 Å². The number of nitrogens with one attached hydrogen (secondary N) is 1. The number of aromatic nitrogens is 2. The Balaban J connectivity index is 1.56. The van der Waals surface area contributed by atoms with Gasteiger partial charge in [0.1, 0.15) is 5.60 Å². The number of nitrogens with zero attached hydrogens (tertiary/aromatic N) is 3. The predicted molar refractivity (Wildman–Crippen MR) is 94.8 cm³/mol. The second-order valence-corrected chi connectivity index (χ2v) is 6.23. The Morgan fingerprint density at radius 2 is 2.20 bits per heavy atom. The average molecular weight is 338 g/mol. The topological polar surface area (TPSA) is 59.4 Å². The molecule has 2 aromatic rings. The molecule has 3 rings (SSSR count). The van der Waals surface area contributed by atoms with E-state index >= 15 is 0 Å². The molecule has 2 heterocycles. The molecule has 1 fully saturated rings. The number of rotatable bonds is 2. The summed E-state index contributed by atoms with van der Waals surface area (Å²) in [4.78, 5) is 14.2. The highest BCUT2D eigenvalue weighted by molar-refractivity contribution is 5.74. The zero-order chi connectivity index (χ0) is 17.7. The number of ether oxygens (including phenoxy) is 1. The predicted octanol–water partition coefficient (Wildman–Crippen LogP) is 1.73. The molecule has 1 aromatic heterocycles. The van der Waals surface area contributed by atoms with Gasteiger partial charge < -0.3 is 15.0 Å². The summed E-state index contributed by atoms with van der Waals surface area (Å²) >= 11 is 0.